The van der Waals surface area contributed by atoms with Crippen molar-refractivity contribution in [2.45, 2.75) is 38.6 Å². The van der Waals surface area contributed by atoms with Crippen LogP contribution in [0.3, 0.4) is 0 Å². The van der Waals surface area contributed by atoms with Gasteiger partial charge in [0, 0.05) is 6.54 Å². The molecule has 1 aliphatic heterocycles. The Morgan fingerprint density at radius 1 is 1.23 bits per heavy atom. The van der Waals surface area contributed by atoms with Gasteiger partial charge in [-0.2, -0.15) is 0 Å². The number of rotatable bonds is 3. The fraction of sp³-hybridized carbons (Fsp3) is 0.529. The quantitative estimate of drug-likeness (QED) is 0.874. The summed E-state index contributed by atoms with van der Waals surface area (Å²) < 4.78 is 4.57. The maximum Gasteiger partial charge on any atom is 0.325 e. The number of hydrogen-bond acceptors (Lipinski definition) is 3. The van der Waals surface area contributed by atoms with Crippen LogP contribution in [0.4, 0.5) is 4.79 Å². The van der Waals surface area contributed by atoms with Crippen molar-refractivity contribution >= 4 is 12.0 Å². The van der Waals surface area contributed by atoms with Gasteiger partial charge < -0.3 is 15.0 Å². The molecule has 0 bridgehead atoms. The van der Waals surface area contributed by atoms with Crippen molar-refractivity contribution in [1.82, 2.24) is 10.2 Å². The standard InChI is InChI=1S/C17H24N2O3/c1-13-7-9-14(10-8-13)15-6-4-3-5-11-19(15)17(21)18-12-16(20)22-2/h7-10,15H,3-6,11-12H2,1-2H3,(H,18,21)/t15-/m1/s1. The largest absolute Gasteiger partial charge is 0.468 e. The number of benzene rings is 1. The second kappa shape index (κ2) is 7.82. The highest BCUT2D eigenvalue weighted by Gasteiger charge is 2.26. The molecule has 0 aliphatic carbocycles. The first-order chi connectivity index (χ1) is 10.6. The van der Waals surface area contributed by atoms with Gasteiger partial charge in [0.25, 0.3) is 0 Å². The van der Waals surface area contributed by atoms with Crippen molar-refractivity contribution in [1.29, 1.82) is 0 Å². The SMILES string of the molecule is COC(=O)CNC(=O)N1CCCCC[C@@H]1c1ccc(C)cc1. The number of nitrogens with one attached hydrogen (secondary N) is 1. The number of amides is 2. The fourth-order valence-electron chi connectivity index (χ4n) is 2.81. The lowest BCUT2D eigenvalue weighted by Gasteiger charge is -2.30. The highest BCUT2D eigenvalue weighted by molar-refractivity contribution is 5.81. The van der Waals surface area contributed by atoms with E-state index in [1.807, 2.05) is 4.90 Å². The number of methoxy groups -OCH3 is 1. The molecule has 0 aromatic heterocycles. The Labute approximate surface area is 131 Å². The average molecular weight is 304 g/mol. The number of carbonyl (C=O) groups is 2. The number of hydrogen-bond donors (Lipinski definition) is 1. The van der Waals surface area contributed by atoms with Gasteiger partial charge in [-0.3, -0.25) is 4.79 Å². The average Bonchev–Trinajstić information content (AvgIpc) is 2.79. The molecule has 5 heteroatoms. The minimum Gasteiger partial charge on any atom is -0.468 e. The zero-order valence-corrected chi connectivity index (χ0v) is 13.3. The van der Waals surface area contributed by atoms with Crippen molar-refractivity contribution in [3.05, 3.63) is 35.4 Å². The lowest BCUT2D eigenvalue weighted by Crippen LogP contribution is -2.44. The second-order valence-corrected chi connectivity index (χ2v) is 5.70. The highest BCUT2D eigenvalue weighted by Crippen LogP contribution is 2.30. The molecule has 0 radical (unpaired) electrons. The molecule has 22 heavy (non-hydrogen) atoms. The molecule has 1 atom stereocenters. The number of ether oxygens (including phenoxy) is 1. The summed E-state index contributed by atoms with van der Waals surface area (Å²) in [4.78, 5) is 25.5. The third-order valence-corrected chi connectivity index (χ3v) is 4.09. The topological polar surface area (TPSA) is 58.6 Å². The molecular weight excluding hydrogens is 280 g/mol. The molecule has 0 spiro atoms. The molecular formula is C17H24N2O3. The van der Waals surface area contributed by atoms with E-state index in [-0.39, 0.29) is 18.6 Å². The molecule has 0 unspecified atom stereocenters. The summed E-state index contributed by atoms with van der Waals surface area (Å²) in [6.07, 6.45) is 4.19. The summed E-state index contributed by atoms with van der Waals surface area (Å²) >= 11 is 0. The van der Waals surface area contributed by atoms with Gasteiger partial charge in [0.1, 0.15) is 6.54 Å². The van der Waals surface area contributed by atoms with E-state index in [1.165, 1.54) is 12.7 Å². The van der Waals surface area contributed by atoms with Gasteiger partial charge in [-0.15, -0.1) is 0 Å². The van der Waals surface area contributed by atoms with Crippen molar-refractivity contribution in [2.24, 2.45) is 0 Å². The predicted octanol–water partition coefficient (Wildman–Crippen LogP) is 2.79. The molecule has 1 aromatic rings. The molecule has 0 saturated carbocycles. The first-order valence-electron chi connectivity index (χ1n) is 7.79. The van der Waals surface area contributed by atoms with E-state index in [4.69, 9.17) is 0 Å². The van der Waals surface area contributed by atoms with Crippen LogP contribution in [0.2, 0.25) is 0 Å². The summed E-state index contributed by atoms with van der Waals surface area (Å²) in [6, 6.07) is 8.20. The van der Waals surface area contributed by atoms with Crippen molar-refractivity contribution < 1.29 is 14.3 Å². The Morgan fingerprint density at radius 3 is 2.64 bits per heavy atom. The Bertz CT molecular complexity index is 513. The minimum atomic E-state index is -0.435. The van der Waals surface area contributed by atoms with E-state index in [2.05, 4.69) is 41.2 Å². The normalized spacial score (nSPS) is 18.5. The van der Waals surface area contributed by atoms with Crippen molar-refractivity contribution in [2.75, 3.05) is 20.2 Å². The first-order valence-corrected chi connectivity index (χ1v) is 7.79. The number of likely N-dealkylation sites (tertiary alicyclic amines) is 1. The summed E-state index contributed by atoms with van der Waals surface area (Å²) in [6.45, 7) is 2.68. The molecule has 120 valence electrons. The van der Waals surface area contributed by atoms with Gasteiger partial charge in [0.15, 0.2) is 0 Å². The second-order valence-electron chi connectivity index (χ2n) is 5.70. The van der Waals surface area contributed by atoms with Gasteiger partial charge in [-0.25, -0.2) is 4.79 Å². The zero-order chi connectivity index (χ0) is 15.9. The third kappa shape index (κ3) is 4.23. The molecule has 1 heterocycles. The van der Waals surface area contributed by atoms with Crippen LogP contribution >= 0.6 is 0 Å². The van der Waals surface area contributed by atoms with E-state index in [9.17, 15) is 9.59 Å². The number of urea groups is 1. The van der Waals surface area contributed by atoms with Crippen LogP contribution in [0.1, 0.15) is 42.9 Å². The van der Waals surface area contributed by atoms with Crippen LogP contribution in [0, 0.1) is 6.92 Å². The van der Waals surface area contributed by atoms with Crippen LogP contribution < -0.4 is 5.32 Å². The Kier molecular flexibility index (Phi) is 5.81. The molecule has 1 aliphatic rings. The number of esters is 1. The van der Waals surface area contributed by atoms with E-state index in [1.54, 1.807) is 0 Å². The summed E-state index contributed by atoms with van der Waals surface area (Å²) in [7, 11) is 1.32. The van der Waals surface area contributed by atoms with Crippen LogP contribution in [-0.2, 0) is 9.53 Å². The van der Waals surface area contributed by atoms with Gasteiger partial charge in [-0.1, -0.05) is 42.7 Å². The van der Waals surface area contributed by atoms with Gasteiger partial charge in [0.2, 0.25) is 0 Å². The van der Waals surface area contributed by atoms with Gasteiger partial charge >= 0.3 is 12.0 Å². The summed E-state index contributed by atoms with van der Waals surface area (Å²) in [5.74, 6) is -0.435. The molecule has 2 rings (SSSR count). The molecule has 1 fully saturated rings. The maximum atomic E-state index is 12.4. The number of aryl methyl sites for hydroxylation is 1. The maximum absolute atomic E-state index is 12.4. The van der Waals surface area contributed by atoms with E-state index in [0.29, 0.717) is 6.54 Å². The van der Waals surface area contributed by atoms with Crippen LogP contribution in [-0.4, -0.2) is 37.1 Å². The third-order valence-electron chi connectivity index (χ3n) is 4.09. The van der Waals surface area contributed by atoms with Crippen LogP contribution in [0.25, 0.3) is 0 Å². The predicted molar refractivity (Wildman–Crippen MR) is 84.5 cm³/mol. The molecule has 1 N–H and O–H groups in total. The summed E-state index contributed by atoms with van der Waals surface area (Å²) in [5.41, 5.74) is 2.36. The molecule has 5 nitrogen and oxygen atoms in total. The Hall–Kier alpha value is -2.04. The fourth-order valence-corrected chi connectivity index (χ4v) is 2.81. The van der Waals surface area contributed by atoms with E-state index < -0.39 is 5.97 Å². The monoisotopic (exact) mass is 304 g/mol. The number of nitrogens with zero attached hydrogens (tertiary/aromatic N) is 1. The lowest BCUT2D eigenvalue weighted by atomic mass is 10.00. The first kappa shape index (κ1) is 16.3. The van der Waals surface area contributed by atoms with E-state index >= 15 is 0 Å². The van der Waals surface area contributed by atoms with E-state index in [0.717, 1.165) is 31.2 Å². The van der Waals surface area contributed by atoms with Gasteiger partial charge in [-0.05, 0) is 25.3 Å². The lowest BCUT2D eigenvalue weighted by molar-refractivity contribution is -0.139. The minimum absolute atomic E-state index is 0.0701. The summed E-state index contributed by atoms with van der Waals surface area (Å²) in [5, 5.41) is 2.65. The zero-order valence-electron chi connectivity index (χ0n) is 13.3. The van der Waals surface area contributed by atoms with Crippen LogP contribution in [0.5, 0.6) is 0 Å². The van der Waals surface area contributed by atoms with Gasteiger partial charge in [0.05, 0.1) is 13.2 Å². The Morgan fingerprint density at radius 2 is 1.95 bits per heavy atom. The van der Waals surface area contributed by atoms with Crippen LogP contribution in [0.15, 0.2) is 24.3 Å². The molecule has 1 aromatic carbocycles. The molecule has 2 amide bonds. The smallest absolute Gasteiger partial charge is 0.325 e. The van der Waals surface area contributed by atoms with Crippen molar-refractivity contribution in [3.63, 3.8) is 0 Å². The number of carbonyl (C=O) groups excluding carboxylic acids is 2. The van der Waals surface area contributed by atoms with Crippen molar-refractivity contribution in [3.8, 4) is 0 Å². The Balaban J connectivity index is 2.11. The highest BCUT2D eigenvalue weighted by atomic mass is 16.5. The molecule has 1 saturated heterocycles.